The van der Waals surface area contributed by atoms with Crippen molar-refractivity contribution >= 4 is 22.6 Å². The standard InChI is InChI=1S/C16H24ClN3O/c1-5-21-14-9-6-8-13-15(14)18-16(12(2)17)20(13)11-7-10-19(3)4/h6,8-9,12H,5,7,10-11H2,1-4H3. The Morgan fingerprint density at radius 3 is 2.76 bits per heavy atom. The minimum absolute atomic E-state index is 0.119. The molecule has 1 unspecified atom stereocenters. The zero-order chi connectivity index (χ0) is 15.4. The molecule has 0 spiro atoms. The van der Waals surface area contributed by atoms with E-state index in [1.165, 1.54) is 0 Å². The van der Waals surface area contributed by atoms with Crippen LogP contribution in [0, 0.1) is 0 Å². The number of fused-ring (bicyclic) bond motifs is 1. The molecule has 0 aliphatic carbocycles. The van der Waals surface area contributed by atoms with Crippen LogP contribution in [0.1, 0.15) is 31.5 Å². The van der Waals surface area contributed by atoms with Gasteiger partial charge in [-0.25, -0.2) is 4.98 Å². The Morgan fingerprint density at radius 1 is 1.38 bits per heavy atom. The molecule has 1 aromatic carbocycles. The molecule has 0 bridgehead atoms. The SMILES string of the molecule is CCOc1cccc2c1nc(C(C)Cl)n2CCCN(C)C. The number of alkyl halides is 1. The van der Waals surface area contributed by atoms with Gasteiger partial charge in [0.15, 0.2) is 0 Å². The van der Waals surface area contributed by atoms with E-state index in [-0.39, 0.29) is 5.38 Å². The fraction of sp³-hybridized carbons (Fsp3) is 0.562. The first-order valence-corrected chi connectivity index (χ1v) is 7.89. The molecule has 0 N–H and O–H groups in total. The molecule has 0 aliphatic heterocycles. The summed E-state index contributed by atoms with van der Waals surface area (Å²) in [6.07, 6.45) is 1.06. The van der Waals surface area contributed by atoms with Crippen molar-refractivity contribution in [3.8, 4) is 5.75 Å². The maximum atomic E-state index is 6.32. The van der Waals surface area contributed by atoms with E-state index < -0.39 is 0 Å². The van der Waals surface area contributed by atoms with Gasteiger partial charge in [-0.05, 0) is 53.0 Å². The quantitative estimate of drug-likeness (QED) is 0.731. The molecule has 2 aromatic rings. The summed E-state index contributed by atoms with van der Waals surface area (Å²) in [5.74, 6) is 1.75. The first kappa shape index (κ1) is 16.1. The van der Waals surface area contributed by atoms with Crippen LogP contribution in [0.5, 0.6) is 5.75 Å². The van der Waals surface area contributed by atoms with Gasteiger partial charge in [-0.2, -0.15) is 0 Å². The second kappa shape index (κ2) is 7.14. The fourth-order valence-corrected chi connectivity index (χ4v) is 2.66. The van der Waals surface area contributed by atoms with Crippen molar-refractivity contribution in [2.24, 2.45) is 0 Å². The predicted molar refractivity (Wildman–Crippen MR) is 88.3 cm³/mol. The fourth-order valence-electron chi connectivity index (χ4n) is 2.49. The molecule has 0 aliphatic rings. The van der Waals surface area contributed by atoms with E-state index in [1.807, 2.05) is 26.0 Å². The highest BCUT2D eigenvalue weighted by molar-refractivity contribution is 6.20. The summed E-state index contributed by atoms with van der Waals surface area (Å²) in [6.45, 7) is 6.54. The van der Waals surface area contributed by atoms with Gasteiger partial charge in [0.05, 0.1) is 17.5 Å². The molecular weight excluding hydrogens is 286 g/mol. The molecule has 1 atom stereocenters. The van der Waals surface area contributed by atoms with Crippen LogP contribution in [0.2, 0.25) is 0 Å². The lowest BCUT2D eigenvalue weighted by Gasteiger charge is -2.13. The lowest BCUT2D eigenvalue weighted by atomic mass is 10.3. The highest BCUT2D eigenvalue weighted by Gasteiger charge is 2.17. The van der Waals surface area contributed by atoms with E-state index in [9.17, 15) is 0 Å². The smallest absolute Gasteiger partial charge is 0.147 e. The number of imidazole rings is 1. The minimum Gasteiger partial charge on any atom is -0.492 e. The molecule has 2 rings (SSSR count). The van der Waals surface area contributed by atoms with Gasteiger partial charge in [0.2, 0.25) is 0 Å². The minimum atomic E-state index is -0.119. The van der Waals surface area contributed by atoms with Crippen LogP contribution in [-0.2, 0) is 6.54 Å². The largest absolute Gasteiger partial charge is 0.492 e. The van der Waals surface area contributed by atoms with Crippen LogP contribution < -0.4 is 4.74 Å². The summed E-state index contributed by atoms with van der Waals surface area (Å²) in [4.78, 5) is 6.91. The number of ether oxygens (including phenoxy) is 1. The molecule has 0 saturated carbocycles. The zero-order valence-electron chi connectivity index (χ0n) is 13.3. The zero-order valence-corrected chi connectivity index (χ0v) is 14.0. The number of aryl methyl sites for hydroxylation is 1. The molecule has 4 nitrogen and oxygen atoms in total. The molecule has 0 fully saturated rings. The van der Waals surface area contributed by atoms with Crippen LogP contribution in [-0.4, -0.2) is 41.7 Å². The summed E-state index contributed by atoms with van der Waals surface area (Å²) in [5.41, 5.74) is 2.01. The third kappa shape index (κ3) is 3.69. The van der Waals surface area contributed by atoms with Crippen molar-refractivity contribution < 1.29 is 4.74 Å². The average Bonchev–Trinajstić information content (AvgIpc) is 2.79. The van der Waals surface area contributed by atoms with Gasteiger partial charge < -0.3 is 14.2 Å². The summed E-state index contributed by atoms with van der Waals surface area (Å²) >= 11 is 6.32. The average molecular weight is 310 g/mol. The summed E-state index contributed by atoms with van der Waals surface area (Å²) in [5, 5.41) is -0.119. The van der Waals surface area contributed by atoms with Crippen LogP contribution in [0.4, 0.5) is 0 Å². The van der Waals surface area contributed by atoms with E-state index in [0.29, 0.717) is 6.61 Å². The number of rotatable bonds is 7. The number of benzene rings is 1. The molecule has 5 heteroatoms. The predicted octanol–water partition coefficient (Wildman–Crippen LogP) is 3.69. The number of para-hydroxylation sites is 1. The van der Waals surface area contributed by atoms with Crippen molar-refractivity contribution in [2.45, 2.75) is 32.2 Å². The highest BCUT2D eigenvalue weighted by atomic mass is 35.5. The first-order chi connectivity index (χ1) is 10.0. The molecule has 116 valence electrons. The second-order valence-electron chi connectivity index (χ2n) is 5.45. The normalized spacial score (nSPS) is 13.0. The van der Waals surface area contributed by atoms with Crippen molar-refractivity contribution in [1.29, 1.82) is 0 Å². The molecule has 1 aromatic heterocycles. The lowest BCUT2D eigenvalue weighted by Crippen LogP contribution is -2.16. The van der Waals surface area contributed by atoms with E-state index in [0.717, 1.165) is 42.1 Å². The maximum Gasteiger partial charge on any atom is 0.147 e. The number of hydrogen-bond acceptors (Lipinski definition) is 3. The number of nitrogens with zero attached hydrogens (tertiary/aromatic N) is 3. The van der Waals surface area contributed by atoms with E-state index >= 15 is 0 Å². The van der Waals surface area contributed by atoms with Gasteiger partial charge >= 0.3 is 0 Å². The van der Waals surface area contributed by atoms with Crippen LogP contribution >= 0.6 is 11.6 Å². The van der Waals surface area contributed by atoms with E-state index in [4.69, 9.17) is 21.3 Å². The monoisotopic (exact) mass is 309 g/mol. The van der Waals surface area contributed by atoms with Crippen LogP contribution in [0.15, 0.2) is 18.2 Å². The highest BCUT2D eigenvalue weighted by Crippen LogP contribution is 2.30. The molecule has 0 amide bonds. The summed E-state index contributed by atoms with van der Waals surface area (Å²) in [7, 11) is 4.18. The van der Waals surface area contributed by atoms with Gasteiger partial charge in [-0.3, -0.25) is 0 Å². The lowest BCUT2D eigenvalue weighted by molar-refractivity contribution is 0.343. The molecular formula is C16H24ClN3O. The Labute approximate surface area is 131 Å². The number of aromatic nitrogens is 2. The van der Waals surface area contributed by atoms with Gasteiger partial charge in [-0.15, -0.1) is 11.6 Å². The Balaban J connectivity index is 2.40. The number of hydrogen-bond donors (Lipinski definition) is 0. The summed E-state index contributed by atoms with van der Waals surface area (Å²) < 4.78 is 7.90. The molecule has 0 saturated heterocycles. The topological polar surface area (TPSA) is 30.3 Å². The Bertz CT molecular complexity index is 592. The van der Waals surface area contributed by atoms with Gasteiger partial charge in [0.1, 0.15) is 17.1 Å². The molecule has 0 radical (unpaired) electrons. The third-order valence-corrected chi connectivity index (χ3v) is 3.61. The Kier molecular flexibility index (Phi) is 5.48. The Hall–Kier alpha value is -1.26. The van der Waals surface area contributed by atoms with Crippen molar-refractivity contribution in [3.63, 3.8) is 0 Å². The first-order valence-electron chi connectivity index (χ1n) is 7.45. The van der Waals surface area contributed by atoms with Gasteiger partial charge in [0, 0.05) is 6.54 Å². The maximum absolute atomic E-state index is 6.32. The van der Waals surface area contributed by atoms with E-state index in [1.54, 1.807) is 0 Å². The third-order valence-electron chi connectivity index (χ3n) is 3.41. The van der Waals surface area contributed by atoms with Crippen molar-refractivity contribution in [3.05, 3.63) is 24.0 Å². The second-order valence-corrected chi connectivity index (χ2v) is 6.11. The Morgan fingerprint density at radius 2 is 2.14 bits per heavy atom. The van der Waals surface area contributed by atoms with Crippen LogP contribution in [0.25, 0.3) is 11.0 Å². The molecule has 1 heterocycles. The van der Waals surface area contributed by atoms with Gasteiger partial charge in [0.25, 0.3) is 0 Å². The van der Waals surface area contributed by atoms with Gasteiger partial charge in [-0.1, -0.05) is 6.07 Å². The van der Waals surface area contributed by atoms with Crippen molar-refractivity contribution in [2.75, 3.05) is 27.2 Å². The summed E-state index contributed by atoms with van der Waals surface area (Å²) in [6, 6.07) is 6.06. The molecule has 21 heavy (non-hydrogen) atoms. The number of halogens is 1. The van der Waals surface area contributed by atoms with Crippen LogP contribution in [0.3, 0.4) is 0 Å². The van der Waals surface area contributed by atoms with E-state index in [2.05, 4.69) is 29.6 Å². The van der Waals surface area contributed by atoms with Crippen molar-refractivity contribution in [1.82, 2.24) is 14.5 Å².